The van der Waals surface area contributed by atoms with Gasteiger partial charge in [-0.1, -0.05) is 29.8 Å². The molecule has 0 saturated heterocycles. The molecule has 1 amide bonds. The van der Waals surface area contributed by atoms with E-state index in [1.165, 1.54) is 31.6 Å². The first kappa shape index (κ1) is 18.9. The second-order valence-corrected chi connectivity index (χ2v) is 6.90. The Hall–Kier alpha value is -2.90. The molecule has 0 atom stereocenters. The number of carbonyl (C=O) groups is 2. The Kier molecular flexibility index (Phi) is 5.73. The number of methoxy groups -OCH3 is 1. The molecule has 1 heterocycles. The van der Waals surface area contributed by atoms with Crippen molar-refractivity contribution in [3.63, 3.8) is 0 Å². The van der Waals surface area contributed by atoms with Crippen LogP contribution in [0.15, 0.2) is 47.6 Å². The van der Waals surface area contributed by atoms with E-state index in [-0.39, 0.29) is 11.7 Å². The lowest BCUT2D eigenvalue weighted by atomic mass is 10.2. The average molecular weight is 403 g/mol. The van der Waals surface area contributed by atoms with Gasteiger partial charge in [0.2, 0.25) is 5.91 Å². The van der Waals surface area contributed by atoms with Gasteiger partial charge in [0, 0.05) is 17.0 Å². The van der Waals surface area contributed by atoms with E-state index in [0.29, 0.717) is 21.2 Å². The van der Waals surface area contributed by atoms with Crippen molar-refractivity contribution in [1.29, 1.82) is 0 Å². The second kappa shape index (κ2) is 8.20. The van der Waals surface area contributed by atoms with E-state index in [1.807, 2.05) is 24.3 Å². The van der Waals surface area contributed by atoms with Crippen LogP contribution in [0, 0.1) is 0 Å². The molecule has 0 aliphatic carbocycles. The van der Waals surface area contributed by atoms with Gasteiger partial charge in [-0.25, -0.2) is 10.2 Å². The Bertz CT molecular complexity index is 1050. The fraction of sp³-hybridized carbons (Fsp3) is 0.105. The van der Waals surface area contributed by atoms with Crippen LogP contribution >= 0.6 is 22.9 Å². The quantitative estimate of drug-likeness (QED) is 0.299. The summed E-state index contributed by atoms with van der Waals surface area (Å²) in [4.78, 5) is 23.8. The summed E-state index contributed by atoms with van der Waals surface area (Å²) in [6.45, 7) is 1.36. The number of nitrogens with one attached hydrogen (secondary N) is 1. The Labute approximate surface area is 164 Å². The summed E-state index contributed by atoms with van der Waals surface area (Å²) in [6.07, 6.45) is 1.46. The first-order valence-corrected chi connectivity index (χ1v) is 9.06. The van der Waals surface area contributed by atoms with Crippen molar-refractivity contribution in [2.24, 2.45) is 5.10 Å². The van der Waals surface area contributed by atoms with Gasteiger partial charge in [0.15, 0.2) is 11.5 Å². The van der Waals surface area contributed by atoms with Crippen LogP contribution in [-0.4, -0.2) is 25.2 Å². The van der Waals surface area contributed by atoms with Crippen molar-refractivity contribution in [3.05, 3.63) is 57.9 Å². The lowest BCUT2D eigenvalue weighted by Crippen LogP contribution is -2.12. The summed E-state index contributed by atoms with van der Waals surface area (Å²) in [7, 11) is 1.47. The SMILES string of the molecule is COc1cc(/C=N/NC(C)=O)ccc1OC(=O)c1sc2ccccc2c1Cl. The predicted octanol–water partition coefficient (Wildman–Crippen LogP) is 4.25. The Balaban J connectivity index is 1.83. The summed E-state index contributed by atoms with van der Waals surface area (Å²) in [5, 5.41) is 4.97. The number of nitrogens with zero attached hydrogens (tertiary/aromatic N) is 1. The molecular weight excluding hydrogens is 388 g/mol. The van der Waals surface area contributed by atoms with E-state index in [9.17, 15) is 9.59 Å². The van der Waals surface area contributed by atoms with Crippen LogP contribution in [-0.2, 0) is 4.79 Å². The minimum Gasteiger partial charge on any atom is -0.493 e. The van der Waals surface area contributed by atoms with Gasteiger partial charge in [-0.3, -0.25) is 4.79 Å². The number of hydrazone groups is 1. The minimum atomic E-state index is -0.556. The molecule has 3 aromatic rings. The van der Waals surface area contributed by atoms with E-state index in [2.05, 4.69) is 10.5 Å². The minimum absolute atomic E-state index is 0.257. The number of hydrogen-bond donors (Lipinski definition) is 1. The molecule has 1 N–H and O–H groups in total. The second-order valence-electron chi connectivity index (χ2n) is 5.47. The van der Waals surface area contributed by atoms with Crippen LogP contribution < -0.4 is 14.9 Å². The molecule has 0 bridgehead atoms. The summed E-state index contributed by atoms with van der Waals surface area (Å²) in [5.41, 5.74) is 2.98. The third kappa shape index (κ3) is 4.27. The predicted molar refractivity (Wildman–Crippen MR) is 106 cm³/mol. The Morgan fingerprint density at radius 2 is 1.96 bits per heavy atom. The van der Waals surface area contributed by atoms with Crippen molar-refractivity contribution in [2.75, 3.05) is 7.11 Å². The Morgan fingerprint density at radius 3 is 2.67 bits per heavy atom. The zero-order valence-electron chi connectivity index (χ0n) is 14.5. The molecule has 3 rings (SSSR count). The zero-order chi connectivity index (χ0) is 19.4. The molecule has 0 aliphatic heterocycles. The maximum Gasteiger partial charge on any atom is 0.355 e. The molecule has 27 heavy (non-hydrogen) atoms. The lowest BCUT2D eigenvalue weighted by molar-refractivity contribution is -0.118. The monoisotopic (exact) mass is 402 g/mol. The average Bonchev–Trinajstić information content (AvgIpc) is 2.99. The van der Waals surface area contributed by atoms with Crippen LogP contribution in [0.4, 0.5) is 0 Å². The highest BCUT2D eigenvalue weighted by atomic mass is 35.5. The van der Waals surface area contributed by atoms with E-state index in [4.69, 9.17) is 21.1 Å². The first-order chi connectivity index (χ1) is 13.0. The van der Waals surface area contributed by atoms with Crippen molar-refractivity contribution in [3.8, 4) is 11.5 Å². The van der Waals surface area contributed by atoms with Gasteiger partial charge in [0.05, 0.1) is 18.3 Å². The van der Waals surface area contributed by atoms with E-state index in [1.54, 1.807) is 18.2 Å². The highest BCUT2D eigenvalue weighted by Crippen LogP contribution is 2.36. The fourth-order valence-electron chi connectivity index (χ4n) is 2.34. The zero-order valence-corrected chi connectivity index (χ0v) is 16.1. The number of fused-ring (bicyclic) bond motifs is 1. The fourth-order valence-corrected chi connectivity index (χ4v) is 3.72. The van der Waals surface area contributed by atoms with Gasteiger partial charge in [0.1, 0.15) is 4.88 Å². The molecule has 1 aromatic heterocycles. The normalized spacial score (nSPS) is 10.9. The summed E-state index contributed by atoms with van der Waals surface area (Å²) in [6, 6.07) is 12.4. The molecule has 6 nitrogen and oxygen atoms in total. The molecular formula is C19H15ClN2O4S. The number of rotatable bonds is 5. The first-order valence-electron chi connectivity index (χ1n) is 7.86. The maximum absolute atomic E-state index is 12.6. The molecule has 0 unspecified atom stereocenters. The molecule has 0 spiro atoms. The van der Waals surface area contributed by atoms with E-state index >= 15 is 0 Å². The number of halogens is 1. The summed E-state index contributed by atoms with van der Waals surface area (Å²) < 4.78 is 11.7. The number of thiophene rings is 1. The topological polar surface area (TPSA) is 77.0 Å². The lowest BCUT2D eigenvalue weighted by Gasteiger charge is -2.09. The number of esters is 1. The highest BCUT2D eigenvalue weighted by molar-refractivity contribution is 7.21. The number of carbonyl (C=O) groups excluding carboxylic acids is 2. The van der Waals surface area contributed by atoms with Crippen molar-refractivity contribution >= 4 is 51.1 Å². The maximum atomic E-state index is 12.6. The molecule has 0 fully saturated rings. The number of benzene rings is 2. The number of hydrogen-bond acceptors (Lipinski definition) is 6. The molecule has 138 valence electrons. The van der Waals surface area contributed by atoms with Crippen molar-refractivity contribution < 1.29 is 19.1 Å². The molecule has 8 heteroatoms. The number of ether oxygens (including phenoxy) is 2. The van der Waals surface area contributed by atoms with E-state index in [0.717, 1.165) is 10.1 Å². The van der Waals surface area contributed by atoms with Gasteiger partial charge in [-0.2, -0.15) is 5.10 Å². The smallest absolute Gasteiger partial charge is 0.355 e. The van der Waals surface area contributed by atoms with Crippen LogP contribution in [0.3, 0.4) is 0 Å². The van der Waals surface area contributed by atoms with Gasteiger partial charge in [-0.05, 0) is 29.8 Å². The van der Waals surface area contributed by atoms with Crippen molar-refractivity contribution in [1.82, 2.24) is 5.43 Å². The van der Waals surface area contributed by atoms with Crippen LogP contribution in [0.25, 0.3) is 10.1 Å². The standard InChI is InChI=1S/C19H15ClN2O4S/c1-11(23)22-21-10-12-7-8-14(15(9-12)25-2)26-19(24)18-17(20)13-5-3-4-6-16(13)27-18/h3-10H,1-2H3,(H,22,23)/b21-10+. The summed E-state index contributed by atoms with van der Waals surface area (Å²) >= 11 is 7.60. The third-order valence-corrected chi connectivity index (χ3v) is 5.20. The van der Waals surface area contributed by atoms with Gasteiger partial charge >= 0.3 is 5.97 Å². The van der Waals surface area contributed by atoms with Crippen LogP contribution in [0.1, 0.15) is 22.2 Å². The van der Waals surface area contributed by atoms with Gasteiger partial charge in [0.25, 0.3) is 0 Å². The highest BCUT2D eigenvalue weighted by Gasteiger charge is 2.20. The van der Waals surface area contributed by atoms with E-state index < -0.39 is 5.97 Å². The van der Waals surface area contributed by atoms with Crippen LogP contribution in [0.2, 0.25) is 5.02 Å². The molecule has 0 saturated carbocycles. The van der Waals surface area contributed by atoms with Crippen LogP contribution in [0.5, 0.6) is 11.5 Å². The van der Waals surface area contributed by atoms with Gasteiger partial charge < -0.3 is 9.47 Å². The largest absolute Gasteiger partial charge is 0.493 e. The molecule has 0 aliphatic rings. The Morgan fingerprint density at radius 1 is 1.19 bits per heavy atom. The van der Waals surface area contributed by atoms with Crippen molar-refractivity contribution in [2.45, 2.75) is 6.92 Å². The summed E-state index contributed by atoms with van der Waals surface area (Å²) in [5.74, 6) is -0.219. The third-order valence-electron chi connectivity index (χ3n) is 3.55. The number of amides is 1. The molecule has 0 radical (unpaired) electrons. The molecule has 2 aromatic carbocycles. The van der Waals surface area contributed by atoms with Gasteiger partial charge in [-0.15, -0.1) is 11.3 Å².